The van der Waals surface area contributed by atoms with Gasteiger partial charge in [0.1, 0.15) is 10.6 Å². The van der Waals surface area contributed by atoms with Crippen LogP contribution in [-0.2, 0) is 10.1 Å². The van der Waals surface area contributed by atoms with E-state index in [1.54, 1.807) is 48.5 Å². The summed E-state index contributed by atoms with van der Waals surface area (Å²) in [4.78, 5) is 12.2. The second-order valence-electron chi connectivity index (χ2n) is 6.69. The molecular weight excluding hydrogens is 432 g/mol. The van der Waals surface area contributed by atoms with E-state index in [0.29, 0.717) is 16.9 Å². The van der Waals surface area contributed by atoms with E-state index < -0.39 is 16.0 Å². The molecule has 0 unspecified atom stereocenters. The highest BCUT2D eigenvalue weighted by Gasteiger charge is 2.19. The van der Waals surface area contributed by atoms with E-state index >= 15 is 0 Å². The molecule has 0 spiro atoms. The summed E-state index contributed by atoms with van der Waals surface area (Å²) in [6, 6.07) is 17.5. The molecule has 9 heteroatoms. The fraction of sp³-hybridized carbons (Fsp3) is 0.130. The van der Waals surface area contributed by atoms with Gasteiger partial charge >= 0.3 is 10.1 Å². The van der Waals surface area contributed by atoms with Gasteiger partial charge in [-0.1, -0.05) is 17.7 Å². The van der Waals surface area contributed by atoms with Crippen molar-refractivity contribution in [2.24, 2.45) is 5.10 Å². The van der Waals surface area contributed by atoms with Crippen LogP contribution in [0.2, 0.25) is 0 Å². The predicted octanol–water partition coefficient (Wildman–Crippen LogP) is 3.54. The third kappa shape index (κ3) is 5.64. The molecular formula is C23H22N2O6S. The molecule has 8 nitrogen and oxygen atoms in total. The number of aryl methyl sites for hydroxylation is 1. The first-order valence-corrected chi connectivity index (χ1v) is 10.9. The lowest BCUT2D eigenvalue weighted by molar-refractivity contribution is 0.0955. The Morgan fingerprint density at radius 2 is 1.59 bits per heavy atom. The Morgan fingerprint density at radius 1 is 0.906 bits per heavy atom. The molecule has 166 valence electrons. The molecule has 0 aliphatic heterocycles. The quantitative estimate of drug-likeness (QED) is 0.317. The van der Waals surface area contributed by atoms with Crippen LogP contribution in [-0.4, -0.2) is 34.8 Å². The minimum absolute atomic E-state index is 0.00138. The van der Waals surface area contributed by atoms with Crippen molar-refractivity contribution < 1.29 is 26.9 Å². The van der Waals surface area contributed by atoms with Gasteiger partial charge in [-0.25, -0.2) is 5.43 Å². The van der Waals surface area contributed by atoms with Crippen LogP contribution in [0.5, 0.6) is 17.2 Å². The SMILES string of the molecule is COc1ccc(C(=O)N/N=C\c2ccc(OC)c(OS(=O)(=O)c3ccc(C)cc3)c2)cc1. The van der Waals surface area contributed by atoms with E-state index in [-0.39, 0.29) is 16.4 Å². The molecule has 0 heterocycles. The zero-order chi connectivity index (χ0) is 23.1. The molecule has 0 saturated heterocycles. The molecule has 3 rings (SSSR count). The maximum Gasteiger partial charge on any atom is 0.339 e. The van der Waals surface area contributed by atoms with Crippen molar-refractivity contribution in [2.45, 2.75) is 11.8 Å². The van der Waals surface area contributed by atoms with E-state index in [9.17, 15) is 13.2 Å². The van der Waals surface area contributed by atoms with Crippen molar-refractivity contribution in [3.05, 3.63) is 83.4 Å². The first kappa shape index (κ1) is 22.8. The molecule has 0 saturated carbocycles. The zero-order valence-electron chi connectivity index (χ0n) is 17.7. The van der Waals surface area contributed by atoms with Crippen molar-refractivity contribution in [3.8, 4) is 17.2 Å². The summed E-state index contributed by atoms with van der Waals surface area (Å²) in [6.07, 6.45) is 1.37. The number of hydrogen-bond acceptors (Lipinski definition) is 7. The second kappa shape index (κ2) is 9.97. The van der Waals surface area contributed by atoms with Crippen LogP contribution in [0.3, 0.4) is 0 Å². The molecule has 0 fully saturated rings. The number of ether oxygens (including phenoxy) is 2. The van der Waals surface area contributed by atoms with Gasteiger partial charge in [0.15, 0.2) is 11.5 Å². The van der Waals surface area contributed by atoms with Gasteiger partial charge in [0.25, 0.3) is 5.91 Å². The average molecular weight is 455 g/mol. The van der Waals surface area contributed by atoms with Gasteiger partial charge in [-0.05, 0) is 67.1 Å². The van der Waals surface area contributed by atoms with Gasteiger partial charge in [-0.15, -0.1) is 0 Å². The van der Waals surface area contributed by atoms with Gasteiger partial charge in [0.05, 0.1) is 20.4 Å². The molecule has 3 aromatic carbocycles. The lowest BCUT2D eigenvalue weighted by atomic mass is 10.2. The molecule has 1 N–H and O–H groups in total. The number of rotatable bonds is 8. The van der Waals surface area contributed by atoms with Crippen LogP contribution in [0.4, 0.5) is 0 Å². The lowest BCUT2D eigenvalue weighted by Crippen LogP contribution is -2.17. The number of nitrogens with one attached hydrogen (secondary N) is 1. The number of carbonyl (C=O) groups is 1. The fourth-order valence-electron chi connectivity index (χ4n) is 2.68. The number of hydrogen-bond donors (Lipinski definition) is 1. The minimum atomic E-state index is -4.06. The highest BCUT2D eigenvalue weighted by Crippen LogP contribution is 2.30. The number of amides is 1. The van der Waals surface area contributed by atoms with Gasteiger partial charge < -0.3 is 13.7 Å². The molecule has 0 radical (unpaired) electrons. The topological polar surface area (TPSA) is 103 Å². The van der Waals surface area contributed by atoms with Crippen molar-refractivity contribution in [2.75, 3.05) is 14.2 Å². The summed E-state index contributed by atoms with van der Waals surface area (Å²) in [5.41, 5.74) is 4.24. The minimum Gasteiger partial charge on any atom is -0.497 e. The first-order chi connectivity index (χ1) is 15.3. The lowest BCUT2D eigenvalue weighted by Gasteiger charge is -2.11. The Kier molecular flexibility index (Phi) is 7.11. The number of carbonyl (C=O) groups excluding carboxylic acids is 1. The van der Waals surface area contributed by atoms with Crippen LogP contribution >= 0.6 is 0 Å². The third-order valence-corrected chi connectivity index (χ3v) is 5.68. The molecule has 32 heavy (non-hydrogen) atoms. The smallest absolute Gasteiger partial charge is 0.339 e. The molecule has 0 aliphatic carbocycles. The van der Waals surface area contributed by atoms with Gasteiger partial charge in [-0.2, -0.15) is 13.5 Å². The van der Waals surface area contributed by atoms with Crippen LogP contribution < -0.4 is 19.1 Å². The molecule has 0 aliphatic rings. The molecule has 0 bridgehead atoms. The summed E-state index contributed by atoms with van der Waals surface area (Å²) in [5, 5.41) is 3.92. The Hall–Kier alpha value is -3.85. The Morgan fingerprint density at radius 3 is 2.22 bits per heavy atom. The summed E-state index contributed by atoms with van der Waals surface area (Å²) in [6.45, 7) is 1.86. The molecule has 3 aromatic rings. The Bertz CT molecular complexity index is 1220. The zero-order valence-corrected chi connectivity index (χ0v) is 18.5. The Balaban J connectivity index is 1.75. The van der Waals surface area contributed by atoms with E-state index in [2.05, 4.69) is 10.5 Å². The standard InChI is InChI=1S/C23H22N2O6S/c1-16-4-11-20(12-5-16)32(27,28)31-22-14-17(6-13-21(22)30-3)15-24-25-23(26)18-7-9-19(29-2)10-8-18/h4-15H,1-3H3,(H,25,26)/b24-15-. The monoisotopic (exact) mass is 454 g/mol. The van der Waals surface area contributed by atoms with E-state index in [0.717, 1.165) is 5.56 Å². The second-order valence-corrected chi connectivity index (χ2v) is 8.23. The van der Waals surface area contributed by atoms with Crippen molar-refractivity contribution in [1.29, 1.82) is 0 Å². The Labute approximate surface area is 186 Å². The van der Waals surface area contributed by atoms with E-state index in [1.807, 2.05) is 6.92 Å². The maximum atomic E-state index is 12.6. The average Bonchev–Trinajstić information content (AvgIpc) is 2.79. The maximum absolute atomic E-state index is 12.6. The summed E-state index contributed by atoms with van der Waals surface area (Å²) in [5.74, 6) is 0.464. The van der Waals surface area contributed by atoms with Gasteiger partial charge in [0.2, 0.25) is 0 Å². The normalized spacial score (nSPS) is 11.2. The number of hydrazone groups is 1. The van der Waals surface area contributed by atoms with Gasteiger partial charge in [0, 0.05) is 5.56 Å². The number of methoxy groups -OCH3 is 2. The fourth-order valence-corrected chi connectivity index (χ4v) is 3.61. The van der Waals surface area contributed by atoms with Crippen LogP contribution in [0.25, 0.3) is 0 Å². The van der Waals surface area contributed by atoms with Crippen molar-refractivity contribution in [3.63, 3.8) is 0 Å². The van der Waals surface area contributed by atoms with Crippen molar-refractivity contribution >= 4 is 22.2 Å². The predicted molar refractivity (Wildman–Crippen MR) is 120 cm³/mol. The largest absolute Gasteiger partial charge is 0.497 e. The van der Waals surface area contributed by atoms with Crippen LogP contribution in [0.1, 0.15) is 21.5 Å². The highest BCUT2D eigenvalue weighted by atomic mass is 32.2. The van der Waals surface area contributed by atoms with E-state index in [1.165, 1.54) is 38.6 Å². The molecule has 0 aromatic heterocycles. The summed E-state index contributed by atoms with van der Waals surface area (Å²) < 4.78 is 40.8. The van der Waals surface area contributed by atoms with Crippen LogP contribution in [0, 0.1) is 6.92 Å². The highest BCUT2D eigenvalue weighted by molar-refractivity contribution is 7.87. The number of nitrogens with zero attached hydrogens (tertiary/aromatic N) is 1. The number of benzene rings is 3. The van der Waals surface area contributed by atoms with E-state index in [4.69, 9.17) is 13.7 Å². The van der Waals surface area contributed by atoms with Crippen molar-refractivity contribution in [1.82, 2.24) is 5.43 Å². The van der Waals surface area contributed by atoms with Gasteiger partial charge in [-0.3, -0.25) is 4.79 Å². The molecule has 1 amide bonds. The molecule has 0 atom stereocenters. The van der Waals surface area contributed by atoms with Crippen LogP contribution in [0.15, 0.2) is 76.7 Å². The summed E-state index contributed by atoms with van der Waals surface area (Å²) in [7, 11) is -1.11. The third-order valence-electron chi connectivity index (χ3n) is 4.43. The first-order valence-electron chi connectivity index (χ1n) is 9.49. The summed E-state index contributed by atoms with van der Waals surface area (Å²) >= 11 is 0.